The average molecular weight is 366 g/mol. The van der Waals surface area contributed by atoms with E-state index in [0.717, 1.165) is 10.00 Å². The van der Waals surface area contributed by atoms with E-state index in [4.69, 9.17) is 0 Å². The molecule has 1 saturated heterocycles. The maximum absolute atomic E-state index is 12.9. The van der Waals surface area contributed by atoms with Gasteiger partial charge in [-0.3, -0.25) is 4.79 Å². The molecular formula is C16H22N4O4S. The Morgan fingerprint density at radius 3 is 2.80 bits per heavy atom. The number of aliphatic hydroxyl groups excluding tert-OH is 1. The highest BCUT2D eigenvalue weighted by Crippen LogP contribution is 2.23. The van der Waals surface area contributed by atoms with Crippen molar-refractivity contribution in [2.75, 3.05) is 32.9 Å². The van der Waals surface area contributed by atoms with E-state index < -0.39 is 22.0 Å². The summed E-state index contributed by atoms with van der Waals surface area (Å²) in [5.74, 6) is -0.935. The molecular weight excluding hydrogens is 344 g/mol. The first-order chi connectivity index (χ1) is 11.7. The standard InChI is InChI=1S/C16H22N4O4S/c1-11-7-19-6-4-5-13(15(19)17-11)16(22)20-8-12(14(21)9-20)10-25(23,24)18(2)3/h4-7,12,14,21H,8-10H2,1-3H3/t12-,14-/m0/s1. The molecule has 0 saturated carbocycles. The van der Waals surface area contributed by atoms with E-state index in [-0.39, 0.29) is 24.7 Å². The number of rotatable bonds is 4. The van der Waals surface area contributed by atoms with Crippen LogP contribution in [-0.4, -0.2) is 77.1 Å². The Morgan fingerprint density at radius 2 is 2.12 bits per heavy atom. The third kappa shape index (κ3) is 3.39. The first kappa shape index (κ1) is 17.8. The van der Waals surface area contributed by atoms with Crippen LogP contribution in [0.1, 0.15) is 16.1 Å². The summed E-state index contributed by atoms with van der Waals surface area (Å²) < 4.78 is 27.0. The Bertz CT molecular complexity index is 906. The van der Waals surface area contributed by atoms with Gasteiger partial charge < -0.3 is 14.4 Å². The molecule has 2 aromatic rings. The van der Waals surface area contributed by atoms with Gasteiger partial charge in [0.05, 0.1) is 23.1 Å². The van der Waals surface area contributed by atoms with Gasteiger partial charge in [-0.15, -0.1) is 0 Å². The van der Waals surface area contributed by atoms with Crippen LogP contribution in [0.2, 0.25) is 0 Å². The van der Waals surface area contributed by atoms with E-state index in [0.29, 0.717) is 11.2 Å². The molecule has 0 aromatic carbocycles. The molecule has 3 heterocycles. The number of hydrogen-bond donors (Lipinski definition) is 1. The lowest BCUT2D eigenvalue weighted by molar-refractivity contribution is 0.0766. The minimum atomic E-state index is -3.44. The first-order valence-corrected chi connectivity index (χ1v) is 9.62. The van der Waals surface area contributed by atoms with Gasteiger partial charge in [0, 0.05) is 45.5 Å². The number of carbonyl (C=O) groups is 1. The van der Waals surface area contributed by atoms with Crippen molar-refractivity contribution in [1.29, 1.82) is 0 Å². The number of aliphatic hydroxyl groups is 1. The predicted octanol–water partition coefficient (Wildman–Crippen LogP) is -0.0330. The van der Waals surface area contributed by atoms with Crippen molar-refractivity contribution in [3.8, 4) is 0 Å². The van der Waals surface area contributed by atoms with Gasteiger partial charge in [-0.2, -0.15) is 0 Å². The van der Waals surface area contributed by atoms with Crippen LogP contribution in [0.3, 0.4) is 0 Å². The fourth-order valence-electron chi connectivity index (χ4n) is 3.08. The first-order valence-electron chi connectivity index (χ1n) is 8.01. The summed E-state index contributed by atoms with van der Waals surface area (Å²) in [5, 5.41) is 10.2. The Labute approximate surface area is 146 Å². The Kier molecular flexibility index (Phi) is 4.56. The third-order valence-electron chi connectivity index (χ3n) is 4.51. The molecule has 0 spiro atoms. The number of hydrogen-bond acceptors (Lipinski definition) is 5. The number of pyridine rings is 1. The lowest BCUT2D eigenvalue weighted by atomic mass is 10.1. The summed E-state index contributed by atoms with van der Waals surface area (Å²) >= 11 is 0. The van der Waals surface area contributed by atoms with Gasteiger partial charge >= 0.3 is 0 Å². The number of nitrogens with zero attached hydrogens (tertiary/aromatic N) is 4. The fraction of sp³-hybridized carbons (Fsp3) is 0.500. The van der Waals surface area contributed by atoms with E-state index in [1.165, 1.54) is 19.0 Å². The maximum atomic E-state index is 12.9. The van der Waals surface area contributed by atoms with Crippen molar-refractivity contribution in [3.05, 3.63) is 35.8 Å². The third-order valence-corrected chi connectivity index (χ3v) is 6.47. The van der Waals surface area contributed by atoms with Gasteiger partial charge in [-0.1, -0.05) is 0 Å². The minimum absolute atomic E-state index is 0.118. The molecule has 1 aliphatic heterocycles. The summed E-state index contributed by atoms with van der Waals surface area (Å²) in [6, 6.07) is 3.46. The summed E-state index contributed by atoms with van der Waals surface area (Å²) in [5.41, 5.74) is 1.81. The van der Waals surface area contributed by atoms with E-state index >= 15 is 0 Å². The number of aromatic nitrogens is 2. The van der Waals surface area contributed by atoms with Crippen LogP contribution in [0.5, 0.6) is 0 Å². The molecule has 2 aromatic heterocycles. The molecule has 25 heavy (non-hydrogen) atoms. The van der Waals surface area contributed by atoms with Gasteiger partial charge in [-0.25, -0.2) is 17.7 Å². The van der Waals surface area contributed by atoms with Crippen molar-refractivity contribution < 1.29 is 18.3 Å². The highest BCUT2D eigenvalue weighted by Gasteiger charge is 2.38. The van der Waals surface area contributed by atoms with Gasteiger partial charge in [0.2, 0.25) is 10.0 Å². The summed E-state index contributed by atoms with van der Waals surface area (Å²) in [6.07, 6.45) is 2.79. The van der Waals surface area contributed by atoms with Crippen molar-refractivity contribution in [1.82, 2.24) is 18.6 Å². The summed E-state index contributed by atoms with van der Waals surface area (Å²) in [7, 11) is -0.522. The van der Waals surface area contributed by atoms with Crippen molar-refractivity contribution in [2.24, 2.45) is 5.92 Å². The van der Waals surface area contributed by atoms with Crippen LogP contribution < -0.4 is 0 Å². The van der Waals surface area contributed by atoms with E-state index in [2.05, 4.69) is 4.98 Å². The van der Waals surface area contributed by atoms with E-state index in [1.54, 1.807) is 16.5 Å². The Balaban J connectivity index is 1.82. The maximum Gasteiger partial charge on any atom is 0.257 e. The topological polar surface area (TPSA) is 95.2 Å². The summed E-state index contributed by atoms with van der Waals surface area (Å²) in [6.45, 7) is 2.17. The van der Waals surface area contributed by atoms with E-state index in [1.807, 2.05) is 19.3 Å². The molecule has 1 aliphatic rings. The van der Waals surface area contributed by atoms with Crippen LogP contribution in [0.4, 0.5) is 0 Å². The molecule has 2 atom stereocenters. The zero-order valence-corrected chi connectivity index (χ0v) is 15.3. The molecule has 0 radical (unpaired) electrons. The Morgan fingerprint density at radius 1 is 1.40 bits per heavy atom. The number of fused-ring (bicyclic) bond motifs is 1. The van der Waals surface area contributed by atoms with Crippen LogP contribution >= 0.6 is 0 Å². The smallest absolute Gasteiger partial charge is 0.257 e. The number of aryl methyl sites for hydroxylation is 1. The highest BCUT2D eigenvalue weighted by molar-refractivity contribution is 7.89. The lowest BCUT2D eigenvalue weighted by Crippen LogP contribution is -2.33. The number of β-amino-alcohol motifs (C(OH)–C–C–N with tert-alkyl or cyclic N) is 1. The molecule has 1 amide bonds. The second-order valence-corrected chi connectivity index (χ2v) is 8.86. The fourth-order valence-corrected chi connectivity index (χ4v) is 4.24. The molecule has 1 fully saturated rings. The number of likely N-dealkylation sites (tertiary alicyclic amines) is 1. The SMILES string of the molecule is Cc1cn2cccc(C(=O)N3C[C@@H](CS(=O)(=O)N(C)C)[C@@H](O)C3)c2n1. The van der Waals surface area contributed by atoms with Gasteiger partial charge in [0.25, 0.3) is 5.91 Å². The van der Waals surface area contributed by atoms with Crippen LogP contribution in [-0.2, 0) is 10.0 Å². The van der Waals surface area contributed by atoms with Crippen molar-refractivity contribution >= 4 is 21.6 Å². The van der Waals surface area contributed by atoms with Crippen LogP contribution in [0, 0.1) is 12.8 Å². The Hall–Kier alpha value is -1.97. The zero-order chi connectivity index (χ0) is 18.4. The number of amides is 1. The minimum Gasteiger partial charge on any atom is -0.391 e. The largest absolute Gasteiger partial charge is 0.391 e. The molecule has 136 valence electrons. The summed E-state index contributed by atoms with van der Waals surface area (Å²) in [4.78, 5) is 18.7. The zero-order valence-electron chi connectivity index (χ0n) is 14.5. The monoisotopic (exact) mass is 366 g/mol. The van der Waals surface area contributed by atoms with Gasteiger partial charge in [-0.05, 0) is 19.1 Å². The molecule has 8 nitrogen and oxygen atoms in total. The van der Waals surface area contributed by atoms with Crippen LogP contribution in [0.25, 0.3) is 5.65 Å². The normalized spacial score (nSPS) is 21.4. The molecule has 9 heteroatoms. The molecule has 1 N–H and O–H groups in total. The molecule has 0 aliphatic carbocycles. The number of sulfonamides is 1. The van der Waals surface area contributed by atoms with E-state index in [9.17, 15) is 18.3 Å². The lowest BCUT2D eigenvalue weighted by Gasteiger charge is -2.18. The number of imidazole rings is 1. The van der Waals surface area contributed by atoms with Crippen molar-refractivity contribution in [3.63, 3.8) is 0 Å². The number of carbonyl (C=O) groups excluding carboxylic acids is 1. The molecule has 0 unspecified atom stereocenters. The van der Waals surface area contributed by atoms with Gasteiger partial charge in [0.1, 0.15) is 5.65 Å². The quantitative estimate of drug-likeness (QED) is 0.820. The second kappa shape index (κ2) is 6.40. The molecule has 3 rings (SSSR count). The average Bonchev–Trinajstić information content (AvgIpc) is 3.08. The van der Waals surface area contributed by atoms with Crippen molar-refractivity contribution in [2.45, 2.75) is 13.0 Å². The highest BCUT2D eigenvalue weighted by atomic mass is 32.2. The predicted molar refractivity (Wildman–Crippen MR) is 92.8 cm³/mol. The second-order valence-electron chi connectivity index (χ2n) is 6.63. The van der Waals surface area contributed by atoms with Gasteiger partial charge in [0.15, 0.2) is 0 Å². The van der Waals surface area contributed by atoms with Crippen LogP contribution in [0.15, 0.2) is 24.5 Å². The molecule has 0 bridgehead atoms.